The molecule has 0 radical (unpaired) electrons. The molecule has 2 fully saturated rings. The van der Waals surface area contributed by atoms with Crippen molar-refractivity contribution in [1.82, 2.24) is 9.80 Å². The fourth-order valence-electron chi connectivity index (χ4n) is 4.93. The summed E-state index contributed by atoms with van der Waals surface area (Å²) in [6, 6.07) is 20.9. The van der Waals surface area contributed by atoms with E-state index in [0.717, 1.165) is 13.1 Å². The molecule has 2 aromatic rings. The van der Waals surface area contributed by atoms with E-state index >= 15 is 0 Å². The van der Waals surface area contributed by atoms with Gasteiger partial charge in [0.2, 0.25) is 0 Å². The van der Waals surface area contributed by atoms with Gasteiger partial charge in [0.25, 0.3) is 0 Å². The monoisotopic (exact) mass is 406 g/mol. The Morgan fingerprint density at radius 1 is 1.07 bits per heavy atom. The molecule has 5 nitrogen and oxygen atoms in total. The van der Waals surface area contributed by atoms with Crippen LogP contribution in [0.25, 0.3) is 0 Å². The molecule has 0 aliphatic carbocycles. The summed E-state index contributed by atoms with van der Waals surface area (Å²) in [5.41, 5.74) is 2.48. The second-order valence-corrected chi connectivity index (χ2v) is 8.37. The number of likely N-dealkylation sites (tertiary alicyclic amines) is 1. The Hall–Kier alpha value is -2.50. The molecule has 0 spiro atoms. The zero-order valence-electron chi connectivity index (χ0n) is 17.7. The highest BCUT2D eigenvalue weighted by molar-refractivity contribution is 5.88. The minimum Gasteiger partial charge on any atom is -0.453 e. The summed E-state index contributed by atoms with van der Waals surface area (Å²) in [6.45, 7) is 6.34. The van der Waals surface area contributed by atoms with E-state index in [1.807, 2.05) is 24.3 Å². The van der Waals surface area contributed by atoms with Gasteiger partial charge in [-0.3, -0.25) is 19.4 Å². The highest BCUT2D eigenvalue weighted by Crippen LogP contribution is 2.36. The molecule has 2 aromatic carbocycles. The number of carbonyl (C=O) groups is 2. The number of Topliss-reactive ketones (excluding diaryl/α,β-unsaturated/α-hetero) is 1. The first-order valence-electron chi connectivity index (χ1n) is 10.9. The fourth-order valence-corrected chi connectivity index (χ4v) is 4.93. The van der Waals surface area contributed by atoms with Crippen molar-refractivity contribution in [3.63, 3.8) is 0 Å². The molecule has 3 unspecified atom stereocenters. The number of esters is 1. The van der Waals surface area contributed by atoms with Crippen molar-refractivity contribution < 1.29 is 14.3 Å². The minimum absolute atomic E-state index is 0.0580. The number of piperidine rings is 1. The van der Waals surface area contributed by atoms with E-state index in [9.17, 15) is 9.59 Å². The number of benzene rings is 2. The quantitative estimate of drug-likeness (QED) is 0.686. The molecule has 0 saturated carbocycles. The number of hydrogen-bond donors (Lipinski definition) is 0. The molecule has 5 heteroatoms. The topological polar surface area (TPSA) is 49.9 Å². The SMILES string of the molecule is CCC(=O)OC1C(=O)CC2CN(Cc3ccccc3)CC1N2[C@@H](C)c1ccccc1. The van der Waals surface area contributed by atoms with E-state index in [4.69, 9.17) is 4.74 Å². The van der Waals surface area contributed by atoms with E-state index in [-0.39, 0.29) is 36.3 Å². The number of carbonyl (C=O) groups excluding carboxylic acids is 2. The van der Waals surface area contributed by atoms with Crippen LogP contribution in [0.2, 0.25) is 0 Å². The first-order chi connectivity index (χ1) is 14.6. The summed E-state index contributed by atoms with van der Waals surface area (Å²) >= 11 is 0. The van der Waals surface area contributed by atoms with Gasteiger partial charge >= 0.3 is 5.97 Å². The van der Waals surface area contributed by atoms with Gasteiger partial charge in [0.05, 0.1) is 6.04 Å². The van der Waals surface area contributed by atoms with Gasteiger partial charge in [0, 0.05) is 44.6 Å². The van der Waals surface area contributed by atoms with Gasteiger partial charge in [0.1, 0.15) is 0 Å². The van der Waals surface area contributed by atoms with E-state index in [2.05, 4.69) is 53.1 Å². The molecule has 2 aliphatic rings. The molecule has 2 heterocycles. The lowest BCUT2D eigenvalue weighted by molar-refractivity contribution is -0.172. The van der Waals surface area contributed by atoms with Gasteiger partial charge in [-0.25, -0.2) is 0 Å². The van der Waals surface area contributed by atoms with Crippen LogP contribution in [-0.4, -0.2) is 52.8 Å². The zero-order valence-corrected chi connectivity index (χ0v) is 17.7. The van der Waals surface area contributed by atoms with Gasteiger partial charge < -0.3 is 4.74 Å². The zero-order chi connectivity index (χ0) is 21.1. The predicted octanol–water partition coefficient (Wildman–Crippen LogP) is 3.60. The summed E-state index contributed by atoms with van der Waals surface area (Å²) in [4.78, 5) is 29.8. The van der Waals surface area contributed by atoms with Crippen molar-refractivity contribution in [2.24, 2.45) is 0 Å². The largest absolute Gasteiger partial charge is 0.453 e. The fraction of sp³-hybridized carbons (Fsp3) is 0.440. The number of ether oxygens (including phenoxy) is 1. The molecule has 0 N–H and O–H groups in total. The van der Waals surface area contributed by atoms with Crippen LogP contribution in [-0.2, 0) is 20.9 Å². The number of fused-ring (bicyclic) bond motifs is 2. The summed E-state index contributed by atoms with van der Waals surface area (Å²) in [5, 5.41) is 0. The first kappa shape index (κ1) is 20.8. The molecule has 2 aliphatic heterocycles. The summed E-state index contributed by atoms with van der Waals surface area (Å²) < 4.78 is 5.70. The molecule has 0 aromatic heterocycles. The van der Waals surface area contributed by atoms with Gasteiger partial charge in [0.15, 0.2) is 11.9 Å². The van der Waals surface area contributed by atoms with Crippen molar-refractivity contribution in [3.05, 3.63) is 71.8 Å². The summed E-state index contributed by atoms with van der Waals surface area (Å²) in [5.74, 6) is -0.248. The molecular weight excluding hydrogens is 376 g/mol. The summed E-state index contributed by atoms with van der Waals surface area (Å²) in [7, 11) is 0. The molecular formula is C25H30N2O3. The maximum absolute atomic E-state index is 12.9. The third-order valence-electron chi connectivity index (χ3n) is 6.35. The average Bonchev–Trinajstić information content (AvgIpc) is 2.77. The lowest BCUT2D eigenvalue weighted by Gasteiger charge is -2.54. The molecule has 0 amide bonds. The Morgan fingerprint density at radius 2 is 1.73 bits per heavy atom. The molecule has 4 rings (SSSR count). The Bertz CT molecular complexity index is 870. The third kappa shape index (κ3) is 4.32. The molecule has 158 valence electrons. The van der Waals surface area contributed by atoms with Crippen LogP contribution >= 0.6 is 0 Å². The van der Waals surface area contributed by atoms with Gasteiger partial charge in [-0.05, 0) is 18.1 Å². The smallest absolute Gasteiger partial charge is 0.306 e. The van der Waals surface area contributed by atoms with Gasteiger partial charge in [-0.15, -0.1) is 0 Å². The standard InChI is InChI=1S/C25H30N2O3/c1-3-24(29)30-25-22-17-26(15-19-10-6-4-7-11-19)16-21(14-23(25)28)27(22)18(2)20-12-8-5-9-13-20/h4-13,18,21-22,25H,3,14-17H2,1-2H3/t18-,21?,22?,25?/m0/s1. The molecule has 2 bridgehead atoms. The van der Waals surface area contributed by atoms with Gasteiger partial charge in [-0.1, -0.05) is 67.6 Å². The Morgan fingerprint density at radius 3 is 2.40 bits per heavy atom. The van der Waals surface area contributed by atoms with Crippen molar-refractivity contribution in [1.29, 1.82) is 0 Å². The van der Waals surface area contributed by atoms with Crippen LogP contribution in [0.4, 0.5) is 0 Å². The second-order valence-electron chi connectivity index (χ2n) is 8.37. The number of nitrogens with zero attached hydrogens (tertiary/aromatic N) is 2. The Labute approximate surface area is 178 Å². The maximum atomic E-state index is 12.9. The molecule has 2 saturated heterocycles. The Kier molecular flexibility index (Phi) is 6.30. The lowest BCUT2D eigenvalue weighted by atomic mass is 9.85. The highest BCUT2D eigenvalue weighted by atomic mass is 16.5. The lowest BCUT2D eigenvalue weighted by Crippen LogP contribution is -2.68. The Balaban J connectivity index is 1.61. The van der Waals surface area contributed by atoms with E-state index < -0.39 is 6.10 Å². The van der Waals surface area contributed by atoms with Crippen LogP contribution in [0.1, 0.15) is 43.9 Å². The number of ketones is 1. The maximum Gasteiger partial charge on any atom is 0.306 e. The van der Waals surface area contributed by atoms with Crippen molar-refractivity contribution >= 4 is 11.8 Å². The van der Waals surface area contributed by atoms with E-state index in [0.29, 0.717) is 13.0 Å². The average molecular weight is 407 g/mol. The van der Waals surface area contributed by atoms with E-state index in [1.165, 1.54) is 11.1 Å². The predicted molar refractivity (Wildman–Crippen MR) is 116 cm³/mol. The summed E-state index contributed by atoms with van der Waals surface area (Å²) in [6.07, 6.45) is 0.00105. The molecule has 30 heavy (non-hydrogen) atoms. The highest BCUT2D eigenvalue weighted by Gasteiger charge is 2.50. The normalized spacial score (nSPS) is 25.7. The van der Waals surface area contributed by atoms with Crippen LogP contribution in [0.3, 0.4) is 0 Å². The van der Waals surface area contributed by atoms with E-state index in [1.54, 1.807) is 6.92 Å². The number of hydrogen-bond acceptors (Lipinski definition) is 5. The third-order valence-corrected chi connectivity index (χ3v) is 6.35. The van der Waals surface area contributed by atoms with Crippen LogP contribution in [0.15, 0.2) is 60.7 Å². The minimum atomic E-state index is -0.696. The van der Waals surface area contributed by atoms with Gasteiger partial charge in [-0.2, -0.15) is 0 Å². The van der Waals surface area contributed by atoms with Crippen LogP contribution < -0.4 is 0 Å². The molecule has 4 atom stereocenters. The number of rotatable bonds is 6. The first-order valence-corrected chi connectivity index (χ1v) is 10.9. The second kappa shape index (κ2) is 9.11. The van der Waals surface area contributed by atoms with Crippen LogP contribution in [0.5, 0.6) is 0 Å². The van der Waals surface area contributed by atoms with Crippen LogP contribution in [0, 0.1) is 0 Å². The number of piperazine rings is 1. The van der Waals surface area contributed by atoms with Crippen molar-refractivity contribution in [2.45, 2.75) is 57.5 Å². The van der Waals surface area contributed by atoms with Crippen molar-refractivity contribution in [3.8, 4) is 0 Å². The van der Waals surface area contributed by atoms with Crippen molar-refractivity contribution in [2.75, 3.05) is 13.1 Å².